The molecule has 1 unspecified atom stereocenters. The Labute approximate surface area is 118 Å². The molecule has 1 rings (SSSR count). The van der Waals surface area contributed by atoms with Gasteiger partial charge in [0, 0.05) is 12.2 Å². The minimum atomic E-state index is -0.403. The summed E-state index contributed by atoms with van der Waals surface area (Å²) >= 11 is 1.78. The smallest absolute Gasteiger partial charge is 0.225 e. The monoisotopic (exact) mass is 284 g/mol. The van der Waals surface area contributed by atoms with E-state index in [0.717, 1.165) is 17.9 Å². The standard InChI is InChI=1S/C14H21FN2OS/c1-3-10(2)9-19-7-6-14(18)17-13-5-4-11(15)8-12(13)16/h4-5,8,10H,3,6-7,9,16H2,1-2H3,(H,17,18). The molecular weight excluding hydrogens is 263 g/mol. The van der Waals surface area contributed by atoms with Crippen molar-refractivity contribution in [3.05, 3.63) is 24.0 Å². The van der Waals surface area contributed by atoms with Crippen LogP contribution in [0.5, 0.6) is 0 Å². The Hall–Kier alpha value is -1.23. The summed E-state index contributed by atoms with van der Waals surface area (Å²) in [6.45, 7) is 4.36. The molecule has 0 spiro atoms. The van der Waals surface area contributed by atoms with E-state index in [1.165, 1.54) is 18.2 Å². The molecule has 1 aromatic rings. The molecule has 1 amide bonds. The Balaban J connectivity index is 2.31. The quantitative estimate of drug-likeness (QED) is 0.595. The van der Waals surface area contributed by atoms with Gasteiger partial charge in [0.25, 0.3) is 0 Å². The number of benzene rings is 1. The van der Waals surface area contributed by atoms with E-state index in [4.69, 9.17) is 5.73 Å². The zero-order chi connectivity index (χ0) is 14.3. The lowest BCUT2D eigenvalue weighted by Gasteiger charge is -2.09. The number of nitrogens with one attached hydrogen (secondary N) is 1. The molecule has 0 aliphatic rings. The van der Waals surface area contributed by atoms with Gasteiger partial charge in [-0.25, -0.2) is 4.39 Å². The molecule has 3 nitrogen and oxygen atoms in total. The summed E-state index contributed by atoms with van der Waals surface area (Å²) in [5.41, 5.74) is 6.34. The number of carbonyl (C=O) groups is 1. The second kappa shape index (κ2) is 8.04. The topological polar surface area (TPSA) is 55.1 Å². The molecule has 0 aliphatic heterocycles. The van der Waals surface area contributed by atoms with E-state index in [0.29, 0.717) is 18.0 Å². The SMILES string of the molecule is CCC(C)CSCCC(=O)Nc1ccc(F)cc1N. The average molecular weight is 284 g/mol. The normalized spacial score (nSPS) is 12.2. The highest BCUT2D eigenvalue weighted by Crippen LogP contribution is 2.19. The van der Waals surface area contributed by atoms with Crippen molar-refractivity contribution in [2.24, 2.45) is 5.92 Å². The Morgan fingerprint density at radius 1 is 1.53 bits per heavy atom. The zero-order valence-corrected chi connectivity index (χ0v) is 12.2. The molecule has 0 bridgehead atoms. The third-order valence-corrected chi connectivity index (χ3v) is 4.16. The van der Waals surface area contributed by atoms with Gasteiger partial charge in [0.15, 0.2) is 0 Å². The van der Waals surface area contributed by atoms with E-state index in [1.54, 1.807) is 11.8 Å². The molecule has 0 fully saturated rings. The maximum absolute atomic E-state index is 12.8. The van der Waals surface area contributed by atoms with Crippen LogP contribution < -0.4 is 11.1 Å². The summed E-state index contributed by atoms with van der Waals surface area (Å²) < 4.78 is 12.8. The van der Waals surface area contributed by atoms with Crippen LogP contribution in [-0.2, 0) is 4.79 Å². The number of nitrogen functional groups attached to an aromatic ring is 1. The molecular formula is C14H21FN2OS. The lowest BCUT2D eigenvalue weighted by Crippen LogP contribution is -2.14. The Bertz CT molecular complexity index is 426. The molecule has 106 valence electrons. The fourth-order valence-electron chi connectivity index (χ4n) is 1.43. The summed E-state index contributed by atoms with van der Waals surface area (Å²) in [6.07, 6.45) is 1.60. The number of hydrogen-bond donors (Lipinski definition) is 2. The van der Waals surface area contributed by atoms with Gasteiger partial charge < -0.3 is 11.1 Å². The van der Waals surface area contributed by atoms with E-state index in [1.807, 2.05) is 0 Å². The third-order valence-electron chi connectivity index (χ3n) is 2.86. The van der Waals surface area contributed by atoms with Crippen LogP contribution in [-0.4, -0.2) is 17.4 Å². The highest BCUT2D eigenvalue weighted by Gasteiger charge is 2.06. The van der Waals surface area contributed by atoms with Crippen molar-refractivity contribution < 1.29 is 9.18 Å². The van der Waals surface area contributed by atoms with E-state index in [9.17, 15) is 9.18 Å². The first-order chi connectivity index (χ1) is 9.02. The maximum Gasteiger partial charge on any atom is 0.225 e. The molecule has 0 saturated carbocycles. The molecule has 1 atom stereocenters. The van der Waals surface area contributed by atoms with E-state index in [-0.39, 0.29) is 11.6 Å². The highest BCUT2D eigenvalue weighted by atomic mass is 32.2. The van der Waals surface area contributed by atoms with Gasteiger partial charge in [-0.3, -0.25) is 4.79 Å². The van der Waals surface area contributed by atoms with Crippen LogP contribution in [0.1, 0.15) is 26.7 Å². The van der Waals surface area contributed by atoms with Crippen molar-refractivity contribution in [2.75, 3.05) is 22.6 Å². The van der Waals surface area contributed by atoms with Gasteiger partial charge in [-0.05, 0) is 29.9 Å². The van der Waals surface area contributed by atoms with Crippen LogP contribution in [0.2, 0.25) is 0 Å². The van der Waals surface area contributed by atoms with Crippen LogP contribution in [0.3, 0.4) is 0 Å². The molecule has 0 saturated heterocycles. The summed E-state index contributed by atoms with van der Waals surface area (Å²) in [6, 6.07) is 3.96. The molecule has 0 aromatic heterocycles. The Kier molecular flexibility index (Phi) is 6.70. The number of hydrogen-bond acceptors (Lipinski definition) is 3. The van der Waals surface area contributed by atoms with Crippen molar-refractivity contribution in [1.82, 2.24) is 0 Å². The summed E-state index contributed by atoms with van der Waals surface area (Å²) in [5, 5.41) is 2.70. The van der Waals surface area contributed by atoms with Crippen molar-refractivity contribution in [2.45, 2.75) is 26.7 Å². The number of thioether (sulfide) groups is 1. The maximum atomic E-state index is 12.8. The van der Waals surface area contributed by atoms with Gasteiger partial charge in [0.1, 0.15) is 5.82 Å². The van der Waals surface area contributed by atoms with E-state index in [2.05, 4.69) is 19.2 Å². The van der Waals surface area contributed by atoms with Crippen molar-refractivity contribution in [3.63, 3.8) is 0 Å². The second-order valence-electron chi connectivity index (χ2n) is 4.62. The average Bonchev–Trinajstić information content (AvgIpc) is 2.37. The van der Waals surface area contributed by atoms with Crippen LogP contribution in [0.4, 0.5) is 15.8 Å². The molecule has 3 N–H and O–H groups in total. The van der Waals surface area contributed by atoms with Crippen molar-refractivity contribution in [3.8, 4) is 0 Å². The molecule has 0 aliphatic carbocycles. The van der Waals surface area contributed by atoms with E-state index < -0.39 is 5.82 Å². The minimum absolute atomic E-state index is 0.0880. The summed E-state index contributed by atoms with van der Waals surface area (Å²) in [5.74, 6) is 2.05. The molecule has 0 radical (unpaired) electrons. The first kappa shape index (κ1) is 15.8. The van der Waals surface area contributed by atoms with Crippen LogP contribution in [0.15, 0.2) is 18.2 Å². The highest BCUT2D eigenvalue weighted by molar-refractivity contribution is 7.99. The Morgan fingerprint density at radius 3 is 2.89 bits per heavy atom. The predicted molar refractivity (Wildman–Crippen MR) is 80.8 cm³/mol. The van der Waals surface area contributed by atoms with Gasteiger partial charge >= 0.3 is 0 Å². The Morgan fingerprint density at radius 2 is 2.26 bits per heavy atom. The van der Waals surface area contributed by atoms with Crippen LogP contribution in [0.25, 0.3) is 0 Å². The number of amides is 1. The second-order valence-corrected chi connectivity index (χ2v) is 5.77. The fourth-order valence-corrected chi connectivity index (χ4v) is 2.56. The minimum Gasteiger partial charge on any atom is -0.397 e. The first-order valence-electron chi connectivity index (χ1n) is 6.45. The molecule has 5 heteroatoms. The van der Waals surface area contributed by atoms with Gasteiger partial charge in [-0.2, -0.15) is 11.8 Å². The van der Waals surface area contributed by atoms with Gasteiger partial charge in [-0.1, -0.05) is 20.3 Å². The summed E-state index contributed by atoms with van der Waals surface area (Å²) in [4.78, 5) is 11.7. The molecule has 0 heterocycles. The molecule has 19 heavy (non-hydrogen) atoms. The lowest BCUT2D eigenvalue weighted by molar-refractivity contribution is -0.115. The predicted octanol–water partition coefficient (Wildman–Crippen LogP) is 3.52. The number of rotatable bonds is 7. The van der Waals surface area contributed by atoms with Crippen LogP contribution >= 0.6 is 11.8 Å². The number of carbonyl (C=O) groups excluding carboxylic acids is 1. The van der Waals surface area contributed by atoms with Crippen LogP contribution in [0, 0.1) is 11.7 Å². The van der Waals surface area contributed by atoms with E-state index >= 15 is 0 Å². The molecule has 1 aromatic carbocycles. The number of nitrogens with two attached hydrogens (primary N) is 1. The fraction of sp³-hybridized carbons (Fsp3) is 0.500. The van der Waals surface area contributed by atoms with Crippen molar-refractivity contribution >= 4 is 29.0 Å². The zero-order valence-electron chi connectivity index (χ0n) is 11.4. The van der Waals surface area contributed by atoms with Gasteiger partial charge in [0.05, 0.1) is 11.4 Å². The summed E-state index contributed by atoms with van der Waals surface area (Å²) in [7, 11) is 0. The van der Waals surface area contributed by atoms with Gasteiger partial charge in [-0.15, -0.1) is 0 Å². The lowest BCUT2D eigenvalue weighted by atomic mass is 10.2. The largest absolute Gasteiger partial charge is 0.397 e. The first-order valence-corrected chi connectivity index (χ1v) is 7.61. The third kappa shape index (κ3) is 5.96. The number of anilines is 2. The van der Waals surface area contributed by atoms with Crippen molar-refractivity contribution in [1.29, 1.82) is 0 Å². The van der Waals surface area contributed by atoms with Gasteiger partial charge in [0.2, 0.25) is 5.91 Å². The number of halogens is 1.